The average molecular weight is 334 g/mol. The highest BCUT2D eigenvalue weighted by molar-refractivity contribution is 5.93. The van der Waals surface area contributed by atoms with Crippen molar-refractivity contribution >= 4 is 5.91 Å². The van der Waals surface area contributed by atoms with E-state index in [1.54, 1.807) is 4.90 Å². The topological polar surface area (TPSA) is 41.6 Å². The van der Waals surface area contributed by atoms with E-state index in [4.69, 9.17) is 4.74 Å². The second kappa shape index (κ2) is 7.79. The molecular formula is C19H27FN2O2. The van der Waals surface area contributed by atoms with Crippen LogP contribution < -0.4 is 5.32 Å². The third kappa shape index (κ3) is 3.46. The van der Waals surface area contributed by atoms with E-state index in [0.717, 1.165) is 37.1 Å². The molecule has 0 aromatic carbocycles. The van der Waals surface area contributed by atoms with E-state index < -0.39 is 0 Å². The highest BCUT2D eigenvalue weighted by Crippen LogP contribution is 2.46. The first-order valence-corrected chi connectivity index (χ1v) is 8.49. The van der Waals surface area contributed by atoms with Crippen LogP contribution in [0.15, 0.2) is 47.7 Å². The Bertz CT molecular complexity index is 606. The maximum Gasteiger partial charge on any atom is 0.292 e. The monoisotopic (exact) mass is 334 g/mol. The number of carbonyl (C=O) groups excluding carboxylic acids is 1. The molecule has 24 heavy (non-hydrogen) atoms. The summed E-state index contributed by atoms with van der Waals surface area (Å²) in [6.07, 6.45) is 6.97. The van der Waals surface area contributed by atoms with E-state index in [9.17, 15) is 9.18 Å². The molecule has 5 heteroatoms. The molecule has 0 aromatic rings. The summed E-state index contributed by atoms with van der Waals surface area (Å²) >= 11 is 0. The molecule has 1 N–H and O–H groups in total. The summed E-state index contributed by atoms with van der Waals surface area (Å²) in [7, 11) is 1.90. The number of hydrogen-bond acceptors (Lipinski definition) is 3. The first-order chi connectivity index (χ1) is 11.5. The van der Waals surface area contributed by atoms with Gasteiger partial charge in [0.05, 0.1) is 6.61 Å². The van der Waals surface area contributed by atoms with Crippen LogP contribution in [0.5, 0.6) is 0 Å². The predicted octanol–water partition coefficient (Wildman–Crippen LogP) is 3.45. The summed E-state index contributed by atoms with van der Waals surface area (Å²) in [5.74, 6) is -0.102. The normalized spacial score (nSPS) is 24.2. The van der Waals surface area contributed by atoms with Gasteiger partial charge in [0.1, 0.15) is 5.83 Å². The Labute approximate surface area is 143 Å². The lowest BCUT2D eigenvalue weighted by Gasteiger charge is -2.31. The third-order valence-corrected chi connectivity index (χ3v) is 5.00. The molecule has 1 unspecified atom stereocenters. The molecule has 0 bridgehead atoms. The van der Waals surface area contributed by atoms with Crippen LogP contribution in [-0.4, -0.2) is 37.6 Å². The van der Waals surface area contributed by atoms with Crippen molar-refractivity contribution in [1.29, 1.82) is 0 Å². The maximum absolute atomic E-state index is 13.9. The van der Waals surface area contributed by atoms with Crippen LogP contribution in [0.25, 0.3) is 0 Å². The number of nitrogens with one attached hydrogen (secondary N) is 1. The lowest BCUT2D eigenvalue weighted by atomic mass is 9.76. The first-order valence-electron chi connectivity index (χ1n) is 8.49. The second-order valence-corrected chi connectivity index (χ2v) is 6.32. The molecule has 132 valence electrons. The van der Waals surface area contributed by atoms with Gasteiger partial charge in [-0.2, -0.15) is 0 Å². The first kappa shape index (κ1) is 18.5. The van der Waals surface area contributed by atoms with Gasteiger partial charge in [0.25, 0.3) is 5.91 Å². The second-order valence-electron chi connectivity index (χ2n) is 6.32. The van der Waals surface area contributed by atoms with Crippen LogP contribution in [0.2, 0.25) is 0 Å². The van der Waals surface area contributed by atoms with Crippen molar-refractivity contribution in [3.8, 4) is 0 Å². The molecule has 2 rings (SSSR count). The Morgan fingerprint density at radius 1 is 1.58 bits per heavy atom. The Balaban J connectivity index is 2.42. The van der Waals surface area contributed by atoms with E-state index in [0.29, 0.717) is 18.9 Å². The number of carbonyl (C=O) groups is 1. The molecule has 0 aliphatic carbocycles. The largest absolute Gasteiger partial charge is 0.488 e. The molecule has 0 saturated carbocycles. The maximum atomic E-state index is 13.9. The average Bonchev–Trinajstić information content (AvgIpc) is 3.21. The lowest BCUT2D eigenvalue weighted by Crippen LogP contribution is -2.36. The summed E-state index contributed by atoms with van der Waals surface area (Å²) in [5.41, 5.74) is 1.42. The van der Waals surface area contributed by atoms with Gasteiger partial charge in [0.2, 0.25) is 0 Å². The minimum absolute atomic E-state index is 0.130. The number of amides is 1. The molecule has 1 amide bonds. The Morgan fingerprint density at radius 3 is 2.88 bits per heavy atom. The molecule has 2 heterocycles. The van der Waals surface area contributed by atoms with Crippen LogP contribution in [0.1, 0.15) is 33.1 Å². The quantitative estimate of drug-likeness (QED) is 0.725. The number of nitrogens with zero attached hydrogens (tertiary/aromatic N) is 1. The molecule has 0 radical (unpaired) electrons. The van der Waals surface area contributed by atoms with Crippen molar-refractivity contribution in [1.82, 2.24) is 10.2 Å². The molecule has 0 spiro atoms. The van der Waals surface area contributed by atoms with Crippen LogP contribution in [-0.2, 0) is 9.53 Å². The molecule has 0 aromatic heterocycles. The van der Waals surface area contributed by atoms with Gasteiger partial charge in [-0.15, -0.1) is 0 Å². The standard InChI is InChI=1S/C19H27FN2O2/c1-5-15(20)12-16-14(3)22(18(23)17-8-7-11-24-17)13-19(16,6-2)9-10-21-4/h5,8,12,21H,1,6-7,9-11,13H2,2-4H3/b15-12+. The molecule has 1 atom stereocenters. The summed E-state index contributed by atoms with van der Waals surface area (Å²) < 4.78 is 19.4. The molecular weight excluding hydrogens is 307 g/mol. The van der Waals surface area contributed by atoms with Gasteiger partial charge < -0.3 is 15.0 Å². The van der Waals surface area contributed by atoms with E-state index in [2.05, 4.69) is 18.8 Å². The molecule has 0 fully saturated rings. The van der Waals surface area contributed by atoms with Gasteiger partial charge in [-0.1, -0.05) is 13.5 Å². The predicted molar refractivity (Wildman–Crippen MR) is 93.7 cm³/mol. The number of rotatable bonds is 7. The van der Waals surface area contributed by atoms with Crippen molar-refractivity contribution in [3.05, 3.63) is 47.7 Å². The van der Waals surface area contributed by atoms with Crippen molar-refractivity contribution < 1.29 is 13.9 Å². The fourth-order valence-corrected chi connectivity index (χ4v) is 3.47. The minimum atomic E-state index is -0.378. The molecule has 4 nitrogen and oxygen atoms in total. The summed E-state index contributed by atoms with van der Waals surface area (Å²) in [6, 6.07) is 0. The minimum Gasteiger partial charge on any atom is -0.488 e. The molecule has 2 aliphatic rings. The molecule has 2 aliphatic heterocycles. The van der Waals surface area contributed by atoms with Crippen LogP contribution in [0.3, 0.4) is 0 Å². The summed E-state index contributed by atoms with van der Waals surface area (Å²) in [6.45, 7) is 9.36. The smallest absolute Gasteiger partial charge is 0.292 e. The lowest BCUT2D eigenvalue weighted by molar-refractivity contribution is -0.128. The van der Waals surface area contributed by atoms with Gasteiger partial charge in [-0.3, -0.25) is 4.79 Å². The summed E-state index contributed by atoms with van der Waals surface area (Å²) in [5, 5.41) is 3.16. The number of hydrogen-bond donors (Lipinski definition) is 1. The zero-order valence-corrected chi connectivity index (χ0v) is 14.8. The third-order valence-electron chi connectivity index (χ3n) is 5.00. The Morgan fingerprint density at radius 2 is 2.33 bits per heavy atom. The van der Waals surface area contributed by atoms with Crippen molar-refractivity contribution in [2.75, 3.05) is 26.7 Å². The Kier molecular flexibility index (Phi) is 5.99. The Hall–Kier alpha value is -1.88. The highest BCUT2D eigenvalue weighted by atomic mass is 19.1. The van der Waals surface area contributed by atoms with Gasteiger partial charge in [0.15, 0.2) is 5.76 Å². The van der Waals surface area contributed by atoms with E-state index in [-0.39, 0.29) is 17.1 Å². The number of halogens is 1. The van der Waals surface area contributed by atoms with Gasteiger partial charge in [-0.25, -0.2) is 4.39 Å². The van der Waals surface area contributed by atoms with Gasteiger partial charge >= 0.3 is 0 Å². The SMILES string of the molecule is C=C/C(F)=C\C1=C(C)N(C(=O)C2=CCCO2)CC1(CC)CCNC. The fourth-order valence-electron chi connectivity index (χ4n) is 3.47. The fraction of sp³-hybridized carbons (Fsp3) is 0.526. The zero-order valence-electron chi connectivity index (χ0n) is 14.8. The van der Waals surface area contributed by atoms with Crippen molar-refractivity contribution in [3.63, 3.8) is 0 Å². The van der Waals surface area contributed by atoms with Crippen LogP contribution in [0, 0.1) is 5.41 Å². The van der Waals surface area contributed by atoms with Crippen molar-refractivity contribution in [2.24, 2.45) is 5.41 Å². The number of allylic oxidation sites excluding steroid dienone is 4. The van der Waals surface area contributed by atoms with Gasteiger partial charge in [-0.05, 0) is 57.2 Å². The van der Waals surface area contributed by atoms with E-state index in [1.165, 1.54) is 12.2 Å². The van der Waals surface area contributed by atoms with Crippen LogP contribution >= 0.6 is 0 Å². The number of ether oxygens (including phenoxy) is 1. The van der Waals surface area contributed by atoms with E-state index in [1.807, 2.05) is 20.0 Å². The highest BCUT2D eigenvalue weighted by Gasteiger charge is 2.43. The van der Waals surface area contributed by atoms with E-state index >= 15 is 0 Å². The zero-order chi connectivity index (χ0) is 17.7. The molecule has 0 saturated heterocycles. The summed E-state index contributed by atoms with van der Waals surface area (Å²) in [4.78, 5) is 14.5. The van der Waals surface area contributed by atoms with Crippen LogP contribution in [0.4, 0.5) is 4.39 Å². The van der Waals surface area contributed by atoms with Crippen molar-refractivity contribution in [2.45, 2.75) is 33.1 Å². The van der Waals surface area contributed by atoms with Gasteiger partial charge in [0, 0.05) is 24.1 Å².